The highest BCUT2D eigenvalue weighted by Crippen LogP contribution is 2.23. The van der Waals surface area contributed by atoms with Crippen LogP contribution in [-0.2, 0) is 50.3 Å². The summed E-state index contributed by atoms with van der Waals surface area (Å²) in [5.74, 6) is -4.14. The van der Waals surface area contributed by atoms with Crippen LogP contribution in [-0.4, -0.2) is 97.6 Å². The number of nitrogens with zero attached hydrogens (tertiary/aromatic N) is 6. The number of hydrogen-bond donors (Lipinski definition) is 3. The molecule has 2 aromatic rings. The van der Waals surface area contributed by atoms with Crippen molar-refractivity contribution in [2.75, 3.05) is 18.9 Å². The lowest BCUT2D eigenvalue weighted by Crippen LogP contribution is -2.71. The van der Waals surface area contributed by atoms with Gasteiger partial charge in [0.05, 0.1) is 6.04 Å². The van der Waals surface area contributed by atoms with Crippen LogP contribution in [0.1, 0.15) is 25.4 Å². The molecule has 0 saturated carbocycles. The summed E-state index contributed by atoms with van der Waals surface area (Å²) in [6.07, 6.45) is -0.404. The lowest BCUT2D eigenvalue weighted by molar-refractivity contribution is -0.392. The second-order valence-corrected chi connectivity index (χ2v) is 10.6. The molecule has 2 aromatic heterocycles. The van der Waals surface area contributed by atoms with E-state index in [1.165, 1.54) is 30.7 Å². The molecular weight excluding hydrogens is 608 g/mol. The summed E-state index contributed by atoms with van der Waals surface area (Å²) in [7, 11) is -4.83. The van der Waals surface area contributed by atoms with Crippen LogP contribution < -0.4 is 11.1 Å². The number of nitrogen functional groups attached to an aromatic ring is 1. The van der Waals surface area contributed by atoms with Crippen molar-refractivity contribution in [1.29, 1.82) is 0 Å². The molecule has 1 aliphatic heterocycles. The van der Waals surface area contributed by atoms with E-state index in [9.17, 15) is 37.7 Å². The molecule has 2 amide bonds. The van der Waals surface area contributed by atoms with Crippen molar-refractivity contribution in [2.45, 2.75) is 45.5 Å². The fourth-order valence-electron chi connectivity index (χ4n) is 3.51. The van der Waals surface area contributed by atoms with E-state index in [0.29, 0.717) is 5.82 Å². The van der Waals surface area contributed by atoms with Gasteiger partial charge in [-0.2, -0.15) is 8.42 Å². The Morgan fingerprint density at radius 1 is 1.36 bits per heavy atom. The van der Waals surface area contributed by atoms with Gasteiger partial charge in [-0.1, -0.05) is 5.16 Å². The number of β-lactam (4-membered cyclic amide) rings is 1. The van der Waals surface area contributed by atoms with Crippen LogP contribution in [0.4, 0.5) is 10.9 Å². The van der Waals surface area contributed by atoms with Gasteiger partial charge in [0, 0.05) is 12.3 Å². The van der Waals surface area contributed by atoms with Gasteiger partial charge < -0.3 is 35.5 Å². The normalized spacial score (nSPS) is 17.7. The van der Waals surface area contributed by atoms with Crippen molar-refractivity contribution in [2.24, 2.45) is 5.16 Å². The Morgan fingerprint density at radius 3 is 2.62 bits per heavy atom. The number of nitrogens with two attached hydrogens (primary N) is 1. The number of hydrogen-bond acceptors (Lipinski definition) is 16. The minimum atomic E-state index is -4.83. The summed E-state index contributed by atoms with van der Waals surface area (Å²) in [5.41, 5.74) is 4.97. The molecule has 3 atom stereocenters. The minimum absolute atomic E-state index is 0.0416. The zero-order chi connectivity index (χ0) is 31.4. The second kappa shape index (κ2) is 12.9. The molecule has 3 rings (SSSR count). The predicted octanol–water partition coefficient (Wildman–Crippen LogP) is -1.45. The highest BCUT2D eigenvalue weighted by Gasteiger charge is 2.51. The van der Waals surface area contributed by atoms with E-state index in [4.69, 9.17) is 24.6 Å². The Hall–Kier alpha value is -4.70. The fraction of sp³-hybridized carbons (Fsp3) is 0.450. The average Bonchev–Trinajstić information content (AvgIpc) is 3.50. The Labute approximate surface area is 240 Å². The van der Waals surface area contributed by atoms with Gasteiger partial charge in [0.15, 0.2) is 23.3 Å². The molecule has 0 spiro atoms. The van der Waals surface area contributed by atoms with Gasteiger partial charge in [-0.05, 0) is 18.8 Å². The summed E-state index contributed by atoms with van der Waals surface area (Å²) in [4.78, 5) is 72.3. The van der Waals surface area contributed by atoms with Crippen molar-refractivity contribution in [3.8, 4) is 0 Å². The number of aryl methyl sites for hydroxylation is 1. The molecule has 228 valence electrons. The van der Waals surface area contributed by atoms with Gasteiger partial charge in [-0.3, -0.25) is 14.1 Å². The number of esters is 2. The van der Waals surface area contributed by atoms with E-state index < -0.39 is 69.5 Å². The summed E-state index contributed by atoms with van der Waals surface area (Å²) in [6.45, 7) is 2.81. The number of ether oxygens (including phenoxy) is 2. The third kappa shape index (κ3) is 7.32. The van der Waals surface area contributed by atoms with Gasteiger partial charge in [-0.15, -0.1) is 11.3 Å². The summed E-state index contributed by atoms with van der Waals surface area (Å²) < 4.78 is 42.8. The van der Waals surface area contributed by atoms with Gasteiger partial charge in [0.1, 0.15) is 31.1 Å². The highest BCUT2D eigenvalue weighted by atomic mass is 32.2. The molecule has 0 radical (unpaired) electrons. The molecule has 0 aromatic carbocycles. The van der Waals surface area contributed by atoms with Gasteiger partial charge >= 0.3 is 28.1 Å². The smallest absolute Gasteiger partial charge is 0.362 e. The zero-order valence-electron chi connectivity index (χ0n) is 22.0. The number of aromatic nitrogens is 3. The van der Waals surface area contributed by atoms with Gasteiger partial charge in [0.25, 0.3) is 11.8 Å². The maximum absolute atomic E-state index is 12.9. The van der Waals surface area contributed by atoms with Crippen molar-refractivity contribution >= 4 is 62.1 Å². The maximum atomic E-state index is 12.9. The molecular formula is C20H24N8O12S2. The maximum Gasteiger partial charge on any atom is 0.362 e. The van der Waals surface area contributed by atoms with Crippen molar-refractivity contribution in [1.82, 2.24) is 24.2 Å². The average molecular weight is 633 g/mol. The third-order valence-electron chi connectivity index (χ3n) is 5.62. The van der Waals surface area contributed by atoms with Crippen molar-refractivity contribution in [3.63, 3.8) is 0 Å². The number of imidazole rings is 1. The molecule has 1 fully saturated rings. The van der Waals surface area contributed by atoms with E-state index in [2.05, 4.69) is 20.4 Å². The first-order chi connectivity index (χ1) is 19.6. The van der Waals surface area contributed by atoms with Crippen LogP contribution in [0.2, 0.25) is 0 Å². The van der Waals surface area contributed by atoms with Crippen molar-refractivity contribution in [3.05, 3.63) is 33.2 Å². The number of thiazole rings is 1. The molecule has 3 heterocycles. The monoisotopic (exact) mass is 632 g/mol. The molecule has 1 aliphatic rings. The summed E-state index contributed by atoms with van der Waals surface area (Å²) >= 11 is 0.935. The van der Waals surface area contributed by atoms with Crippen LogP contribution in [0.25, 0.3) is 0 Å². The summed E-state index contributed by atoms with van der Waals surface area (Å²) in [6, 6.07) is -2.45. The number of amides is 2. The molecule has 20 nitrogen and oxygen atoms in total. The number of carbonyl (C=O) groups excluding carboxylic acids is 4. The largest absolute Gasteiger partial charge is 0.459 e. The van der Waals surface area contributed by atoms with Crippen LogP contribution in [0.3, 0.4) is 0 Å². The summed E-state index contributed by atoms with van der Waals surface area (Å²) in [5, 5.41) is 18.2. The lowest BCUT2D eigenvalue weighted by Gasteiger charge is -2.42. The number of carbonyl (C=O) groups is 4. The van der Waals surface area contributed by atoms with Crippen LogP contribution >= 0.6 is 11.3 Å². The minimum Gasteiger partial charge on any atom is -0.459 e. The van der Waals surface area contributed by atoms with E-state index in [0.717, 1.165) is 17.5 Å². The standard InChI is InChI=1S/C20H24N8O12S2/c1-9-15(18(31)27(9)42(35,36)37)24-17(30)16(12-8-41-20(21)23-12)25-40-10(2)19(32)39-7-14(29)38-5-4-26-11(3)22-6-13(26)28(33)34/h6,8-10,15H,4-5,7H2,1-3H3,(H2,21,23)(H,24,30)(H,35,36,37)/b25-16-/t9-,10?,15-/m0/s1. The molecule has 22 heteroatoms. The lowest BCUT2D eigenvalue weighted by atomic mass is 10.0. The Morgan fingerprint density at radius 2 is 2.05 bits per heavy atom. The van der Waals surface area contributed by atoms with E-state index in [1.807, 2.05) is 0 Å². The Kier molecular flexibility index (Phi) is 9.75. The quantitative estimate of drug-likeness (QED) is 0.0569. The Balaban J connectivity index is 1.55. The number of anilines is 1. The van der Waals surface area contributed by atoms with Gasteiger partial charge in [-0.25, -0.2) is 28.4 Å². The van der Waals surface area contributed by atoms with Crippen LogP contribution in [0.5, 0.6) is 0 Å². The topological polar surface area (TPSA) is 278 Å². The first-order valence-corrected chi connectivity index (χ1v) is 13.9. The molecule has 42 heavy (non-hydrogen) atoms. The first kappa shape index (κ1) is 31.8. The Bertz CT molecular complexity index is 1530. The molecule has 0 aliphatic carbocycles. The predicted molar refractivity (Wildman–Crippen MR) is 139 cm³/mol. The zero-order valence-corrected chi connectivity index (χ0v) is 23.7. The molecule has 1 saturated heterocycles. The highest BCUT2D eigenvalue weighted by molar-refractivity contribution is 7.84. The van der Waals surface area contributed by atoms with Crippen LogP contribution in [0, 0.1) is 17.0 Å². The third-order valence-corrected chi connectivity index (χ3v) is 7.30. The van der Waals surface area contributed by atoms with E-state index in [-0.39, 0.29) is 34.1 Å². The molecule has 4 N–H and O–H groups in total. The van der Waals surface area contributed by atoms with E-state index >= 15 is 0 Å². The second-order valence-electron chi connectivity index (χ2n) is 8.46. The number of nitrogens with one attached hydrogen (secondary N) is 1. The number of rotatable bonds is 13. The number of oxime groups is 1. The van der Waals surface area contributed by atoms with E-state index in [1.54, 1.807) is 0 Å². The SMILES string of the molecule is Cc1ncc([N+](=O)[O-])n1CCOC(=O)COC(=O)C(C)O/N=C(\C(=O)N[C@@H]1C(=O)N(S(=O)(=O)O)[C@H]1C)c1csc(N)n1. The first-order valence-electron chi connectivity index (χ1n) is 11.7. The molecule has 0 bridgehead atoms. The van der Waals surface area contributed by atoms with Gasteiger partial charge in [0.2, 0.25) is 6.10 Å². The molecule has 1 unspecified atom stereocenters. The van der Waals surface area contributed by atoms with Crippen molar-refractivity contribution < 1.29 is 51.4 Å². The van der Waals surface area contributed by atoms with Crippen LogP contribution in [0.15, 0.2) is 16.7 Å². The number of nitro groups is 1. The fourth-order valence-corrected chi connectivity index (χ4v) is 4.94.